The maximum Gasteiger partial charge on any atom is 0.134 e. The lowest BCUT2D eigenvalue weighted by molar-refractivity contribution is 0.211. The third-order valence-electron chi connectivity index (χ3n) is 5.93. The highest BCUT2D eigenvalue weighted by Gasteiger charge is 2.20. The minimum Gasteiger partial charge on any atom is -0.367 e. The van der Waals surface area contributed by atoms with E-state index in [0.29, 0.717) is 6.04 Å². The molecule has 1 N–H and O–H groups in total. The van der Waals surface area contributed by atoms with Gasteiger partial charge >= 0.3 is 0 Å². The number of aryl methyl sites for hydroxylation is 1. The van der Waals surface area contributed by atoms with Crippen molar-refractivity contribution in [3.05, 3.63) is 47.8 Å². The zero-order valence-corrected chi connectivity index (χ0v) is 16.4. The Hall–Kier alpha value is -2.14. The monoisotopic (exact) mass is 365 g/mol. The SMILES string of the molecule is Cc1ccccc1CN1CCC(Nc2cc(N3CCCCC3)ncn2)CC1. The van der Waals surface area contributed by atoms with Crippen molar-refractivity contribution >= 4 is 11.6 Å². The van der Waals surface area contributed by atoms with Gasteiger partial charge < -0.3 is 10.2 Å². The van der Waals surface area contributed by atoms with Crippen LogP contribution in [0.3, 0.4) is 0 Å². The molecule has 2 aliphatic rings. The van der Waals surface area contributed by atoms with E-state index >= 15 is 0 Å². The number of anilines is 2. The van der Waals surface area contributed by atoms with Crippen LogP contribution in [0, 0.1) is 6.92 Å². The molecule has 1 aromatic heterocycles. The van der Waals surface area contributed by atoms with Crippen molar-refractivity contribution in [2.45, 2.75) is 51.6 Å². The molecule has 144 valence electrons. The summed E-state index contributed by atoms with van der Waals surface area (Å²) in [5.74, 6) is 2.05. The molecule has 0 bridgehead atoms. The van der Waals surface area contributed by atoms with Crippen LogP contribution in [-0.4, -0.2) is 47.1 Å². The first kappa shape index (κ1) is 18.2. The van der Waals surface area contributed by atoms with Crippen LogP contribution in [0.25, 0.3) is 0 Å². The smallest absolute Gasteiger partial charge is 0.134 e. The van der Waals surface area contributed by atoms with Gasteiger partial charge in [-0.3, -0.25) is 4.90 Å². The van der Waals surface area contributed by atoms with Crippen LogP contribution >= 0.6 is 0 Å². The van der Waals surface area contributed by atoms with Crippen LogP contribution in [0.1, 0.15) is 43.2 Å². The predicted octanol–water partition coefficient (Wildman–Crippen LogP) is 3.85. The van der Waals surface area contributed by atoms with E-state index in [1.807, 2.05) is 0 Å². The first-order chi connectivity index (χ1) is 13.3. The van der Waals surface area contributed by atoms with E-state index in [0.717, 1.165) is 57.2 Å². The van der Waals surface area contributed by atoms with Crippen molar-refractivity contribution in [2.75, 3.05) is 36.4 Å². The number of nitrogens with zero attached hydrogens (tertiary/aromatic N) is 4. The normalized spacial score (nSPS) is 19.2. The van der Waals surface area contributed by atoms with Gasteiger partial charge in [-0.15, -0.1) is 0 Å². The highest BCUT2D eigenvalue weighted by atomic mass is 15.2. The van der Waals surface area contributed by atoms with E-state index in [9.17, 15) is 0 Å². The second kappa shape index (κ2) is 8.70. The van der Waals surface area contributed by atoms with Gasteiger partial charge in [0.05, 0.1) is 0 Å². The Morgan fingerprint density at radius 3 is 2.56 bits per heavy atom. The van der Waals surface area contributed by atoms with Gasteiger partial charge in [0, 0.05) is 44.8 Å². The molecule has 5 nitrogen and oxygen atoms in total. The van der Waals surface area contributed by atoms with E-state index in [4.69, 9.17) is 0 Å². The number of rotatable bonds is 5. The van der Waals surface area contributed by atoms with Crippen LogP contribution in [0.4, 0.5) is 11.6 Å². The summed E-state index contributed by atoms with van der Waals surface area (Å²) >= 11 is 0. The van der Waals surface area contributed by atoms with Crippen LogP contribution in [0.5, 0.6) is 0 Å². The fourth-order valence-corrected chi connectivity index (χ4v) is 4.19. The molecule has 0 aliphatic carbocycles. The molecule has 5 heteroatoms. The predicted molar refractivity (Wildman–Crippen MR) is 111 cm³/mol. The molecule has 3 heterocycles. The van der Waals surface area contributed by atoms with E-state index in [1.54, 1.807) is 6.33 Å². The Labute approximate surface area is 162 Å². The van der Waals surface area contributed by atoms with Gasteiger partial charge in [0.25, 0.3) is 0 Å². The van der Waals surface area contributed by atoms with Gasteiger partial charge in [0.2, 0.25) is 0 Å². The van der Waals surface area contributed by atoms with Crippen molar-refractivity contribution in [1.29, 1.82) is 0 Å². The summed E-state index contributed by atoms with van der Waals surface area (Å²) in [6.45, 7) is 7.78. The summed E-state index contributed by atoms with van der Waals surface area (Å²) in [5, 5.41) is 3.65. The lowest BCUT2D eigenvalue weighted by Gasteiger charge is -2.33. The van der Waals surface area contributed by atoms with Crippen molar-refractivity contribution < 1.29 is 0 Å². The fourth-order valence-electron chi connectivity index (χ4n) is 4.19. The number of likely N-dealkylation sites (tertiary alicyclic amines) is 1. The molecular formula is C22H31N5. The summed E-state index contributed by atoms with van der Waals surface area (Å²) in [6.07, 6.45) is 7.91. The molecule has 0 amide bonds. The van der Waals surface area contributed by atoms with Crippen LogP contribution in [0.15, 0.2) is 36.7 Å². The number of hydrogen-bond acceptors (Lipinski definition) is 5. The quantitative estimate of drug-likeness (QED) is 0.872. The van der Waals surface area contributed by atoms with Crippen molar-refractivity contribution in [1.82, 2.24) is 14.9 Å². The molecule has 0 unspecified atom stereocenters. The Kier molecular flexibility index (Phi) is 5.87. The molecule has 2 fully saturated rings. The molecule has 2 aromatic rings. The van der Waals surface area contributed by atoms with Gasteiger partial charge in [-0.2, -0.15) is 0 Å². The minimum atomic E-state index is 0.502. The maximum absolute atomic E-state index is 4.49. The number of hydrogen-bond donors (Lipinski definition) is 1. The number of benzene rings is 1. The third kappa shape index (κ3) is 4.78. The van der Waals surface area contributed by atoms with Gasteiger partial charge in [0.15, 0.2) is 0 Å². The number of aromatic nitrogens is 2. The summed E-state index contributed by atoms with van der Waals surface area (Å²) in [5.41, 5.74) is 2.84. The fraction of sp³-hybridized carbons (Fsp3) is 0.545. The molecule has 2 saturated heterocycles. The second-order valence-corrected chi connectivity index (χ2v) is 7.93. The highest BCUT2D eigenvalue weighted by Crippen LogP contribution is 2.22. The van der Waals surface area contributed by atoms with E-state index in [2.05, 4.69) is 62.3 Å². The molecule has 1 aromatic carbocycles. The Morgan fingerprint density at radius 2 is 1.78 bits per heavy atom. The number of nitrogens with one attached hydrogen (secondary N) is 1. The first-order valence-corrected chi connectivity index (χ1v) is 10.4. The molecule has 0 radical (unpaired) electrons. The van der Waals surface area contributed by atoms with Crippen molar-refractivity contribution in [3.8, 4) is 0 Å². The summed E-state index contributed by atoms with van der Waals surface area (Å²) in [7, 11) is 0. The van der Waals surface area contributed by atoms with Gasteiger partial charge in [-0.1, -0.05) is 24.3 Å². The van der Waals surface area contributed by atoms with Crippen LogP contribution in [0.2, 0.25) is 0 Å². The third-order valence-corrected chi connectivity index (χ3v) is 5.93. The minimum absolute atomic E-state index is 0.502. The summed E-state index contributed by atoms with van der Waals surface area (Å²) in [4.78, 5) is 13.9. The average molecular weight is 366 g/mol. The standard InChI is InChI=1S/C22H31N5/c1-18-7-3-4-8-19(18)16-26-13-9-20(10-14-26)25-21-15-22(24-17-23-21)27-11-5-2-6-12-27/h3-4,7-8,15,17,20H,2,5-6,9-14,16H2,1H3,(H,23,24,25). The van der Waals surface area contributed by atoms with Crippen molar-refractivity contribution in [3.63, 3.8) is 0 Å². The van der Waals surface area contributed by atoms with E-state index < -0.39 is 0 Å². The van der Waals surface area contributed by atoms with Crippen LogP contribution < -0.4 is 10.2 Å². The molecule has 27 heavy (non-hydrogen) atoms. The Morgan fingerprint density at radius 1 is 1.00 bits per heavy atom. The summed E-state index contributed by atoms with van der Waals surface area (Å²) in [6, 6.07) is 11.4. The zero-order chi connectivity index (χ0) is 18.5. The zero-order valence-electron chi connectivity index (χ0n) is 16.4. The first-order valence-electron chi connectivity index (χ1n) is 10.4. The molecule has 0 atom stereocenters. The second-order valence-electron chi connectivity index (χ2n) is 7.93. The lowest BCUT2D eigenvalue weighted by atomic mass is 10.0. The largest absolute Gasteiger partial charge is 0.367 e. The van der Waals surface area contributed by atoms with Gasteiger partial charge in [-0.05, 0) is 50.2 Å². The van der Waals surface area contributed by atoms with Crippen molar-refractivity contribution in [2.24, 2.45) is 0 Å². The average Bonchev–Trinajstić information content (AvgIpc) is 2.72. The van der Waals surface area contributed by atoms with Gasteiger partial charge in [-0.25, -0.2) is 9.97 Å². The number of piperidine rings is 2. The lowest BCUT2D eigenvalue weighted by Crippen LogP contribution is -2.39. The van der Waals surface area contributed by atoms with Crippen LogP contribution in [-0.2, 0) is 6.54 Å². The molecule has 0 spiro atoms. The Bertz CT molecular complexity index is 733. The van der Waals surface area contributed by atoms with E-state index in [1.165, 1.54) is 30.4 Å². The highest BCUT2D eigenvalue weighted by molar-refractivity contribution is 5.49. The maximum atomic E-state index is 4.49. The van der Waals surface area contributed by atoms with E-state index in [-0.39, 0.29) is 0 Å². The van der Waals surface area contributed by atoms with Gasteiger partial charge in [0.1, 0.15) is 18.0 Å². The molecule has 4 rings (SSSR count). The summed E-state index contributed by atoms with van der Waals surface area (Å²) < 4.78 is 0. The topological polar surface area (TPSA) is 44.3 Å². The molecule has 0 saturated carbocycles. The molecule has 2 aliphatic heterocycles. The Balaban J connectivity index is 1.29. The molecular weight excluding hydrogens is 334 g/mol.